The number of benzene rings is 8. The molecule has 1 amide bonds. The zero-order valence-corrected chi connectivity index (χ0v) is 41.3. The molecule has 0 unspecified atom stereocenters. The molecular weight excluding hydrogens is 921 g/mol. The third-order valence-corrected chi connectivity index (χ3v) is 15.6. The van der Waals surface area contributed by atoms with Crippen LogP contribution in [0.4, 0.5) is 4.79 Å². The van der Waals surface area contributed by atoms with Gasteiger partial charge in [-0.2, -0.15) is 0 Å². The molecule has 8 aromatic carbocycles. The van der Waals surface area contributed by atoms with Crippen LogP contribution in [0.5, 0.6) is 0 Å². The lowest BCUT2D eigenvalue weighted by Crippen LogP contribution is -2.44. The van der Waals surface area contributed by atoms with Crippen molar-refractivity contribution in [3.8, 4) is 11.1 Å². The average Bonchev–Trinajstić information content (AvgIpc) is 3.76. The zero-order chi connectivity index (χ0) is 50.1. The maximum absolute atomic E-state index is 13.1. The van der Waals surface area contributed by atoms with Crippen molar-refractivity contribution in [2.24, 2.45) is 5.73 Å². The Bertz CT molecular complexity index is 2690. The molecular formula is C61H58N2O6S2. The second kappa shape index (κ2) is 25.0. The Morgan fingerprint density at radius 1 is 0.479 bits per heavy atom. The fourth-order valence-corrected chi connectivity index (χ4v) is 12.0. The van der Waals surface area contributed by atoms with Crippen LogP contribution in [0.2, 0.25) is 0 Å². The van der Waals surface area contributed by atoms with Crippen LogP contribution in [0.3, 0.4) is 0 Å². The first-order valence-electron chi connectivity index (χ1n) is 23.7. The van der Waals surface area contributed by atoms with Crippen molar-refractivity contribution in [2.45, 2.75) is 41.3 Å². The largest absolute Gasteiger partial charge is 0.480 e. The van der Waals surface area contributed by atoms with Crippen molar-refractivity contribution in [1.82, 2.24) is 5.32 Å². The van der Waals surface area contributed by atoms with Gasteiger partial charge >= 0.3 is 18.0 Å². The van der Waals surface area contributed by atoms with Crippen LogP contribution in [0, 0.1) is 0 Å². The van der Waals surface area contributed by atoms with Crippen LogP contribution in [0.15, 0.2) is 231 Å². The van der Waals surface area contributed by atoms with Gasteiger partial charge in [0.2, 0.25) is 0 Å². The average molecular weight is 979 g/mol. The Morgan fingerprint density at radius 2 is 0.775 bits per heavy atom. The van der Waals surface area contributed by atoms with Gasteiger partial charge in [0.25, 0.3) is 0 Å². The number of carboxylic acid groups (broad SMARTS) is 2. The number of nitrogens with one attached hydrogen (secondary N) is 1. The van der Waals surface area contributed by atoms with Crippen LogP contribution < -0.4 is 11.1 Å². The molecule has 0 saturated heterocycles. The van der Waals surface area contributed by atoms with Gasteiger partial charge in [-0.3, -0.25) is 4.79 Å². The first-order chi connectivity index (χ1) is 34.7. The molecule has 0 spiro atoms. The van der Waals surface area contributed by atoms with E-state index in [1.165, 1.54) is 11.8 Å². The summed E-state index contributed by atoms with van der Waals surface area (Å²) >= 11 is 3.04. The lowest BCUT2D eigenvalue weighted by Gasteiger charge is -2.36. The molecule has 0 saturated carbocycles. The fraction of sp³-hybridized carbons (Fsp3) is 0.164. The van der Waals surface area contributed by atoms with Crippen LogP contribution in [0.1, 0.15) is 64.3 Å². The summed E-state index contributed by atoms with van der Waals surface area (Å²) in [7, 11) is 0. The molecule has 0 bridgehead atoms. The number of aliphatic carboxylic acids is 2. The minimum Gasteiger partial charge on any atom is -0.480 e. The van der Waals surface area contributed by atoms with Crippen LogP contribution in [-0.2, 0) is 23.8 Å². The molecule has 2 atom stereocenters. The molecule has 0 heterocycles. The van der Waals surface area contributed by atoms with E-state index in [0.29, 0.717) is 5.75 Å². The number of alkyl carbamates (subject to hydrolysis) is 1. The normalized spacial score (nSPS) is 12.5. The van der Waals surface area contributed by atoms with Gasteiger partial charge in [-0.1, -0.05) is 244 Å². The molecule has 0 aromatic heterocycles. The number of ether oxygens (including phenoxy) is 1. The predicted octanol–water partition coefficient (Wildman–Crippen LogP) is 12.9. The second-order valence-electron chi connectivity index (χ2n) is 16.5. The summed E-state index contributed by atoms with van der Waals surface area (Å²) < 4.78 is 4.44. The highest BCUT2D eigenvalue weighted by molar-refractivity contribution is 8.01. The van der Waals surface area contributed by atoms with E-state index in [1.807, 2.05) is 159 Å². The van der Waals surface area contributed by atoms with E-state index < -0.39 is 39.6 Å². The van der Waals surface area contributed by atoms with Crippen molar-refractivity contribution in [1.29, 1.82) is 0 Å². The summed E-state index contributed by atoms with van der Waals surface area (Å²) in [6, 6.07) is 74.8. The van der Waals surface area contributed by atoms with Gasteiger partial charge < -0.3 is 26.0 Å². The molecule has 71 heavy (non-hydrogen) atoms. The summed E-state index contributed by atoms with van der Waals surface area (Å²) in [4.78, 5) is 36.8. The van der Waals surface area contributed by atoms with E-state index in [1.54, 1.807) is 11.8 Å². The van der Waals surface area contributed by atoms with E-state index in [-0.39, 0.29) is 18.3 Å². The SMILES string of the molecule is CC.N[C@H](CSC(c1ccccc1)(c1ccccc1)c1ccccc1)C(=O)O.O=C(N[C@H](CSC(c1ccccc1)(c1ccccc1)c1ccccc1)C(=O)O)OCC1c2ccccc2-c2ccccc21. The molecule has 10 heteroatoms. The van der Waals surface area contributed by atoms with Crippen LogP contribution >= 0.6 is 23.5 Å². The highest BCUT2D eigenvalue weighted by atomic mass is 32.2. The molecule has 0 fully saturated rings. The Morgan fingerprint density at radius 3 is 1.08 bits per heavy atom. The van der Waals surface area contributed by atoms with Gasteiger partial charge in [-0.25, -0.2) is 9.59 Å². The first-order valence-corrected chi connectivity index (χ1v) is 25.6. The summed E-state index contributed by atoms with van der Waals surface area (Å²) in [5.74, 6) is -1.81. The molecule has 360 valence electrons. The lowest BCUT2D eigenvalue weighted by atomic mass is 9.84. The highest BCUT2D eigenvalue weighted by Crippen LogP contribution is 2.50. The van der Waals surface area contributed by atoms with Crippen LogP contribution in [0.25, 0.3) is 11.1 Å². The van der Waals surface area contributed by atoms with Crippen molar-refractivity contribution in [2.75, 3.05) is 18.1 Å². The van der Waals surface area contributed by atoms with E-state index in [4.69, 9.17) is 10.5 Å². The van der Waals surface area contributed by atoms with Crippen molar-refractivity contribution < 1.29 is 29.3 Å². The van der Waals surface area contributed by atoms with Crippen molar-refractivity contribution in [3.63, 3.8) is 0 Å². The molecule has 9 rings (SSSR count). The number of rotatable bonds is 17. The Kier molecular flexibility index (Phi) is 18.1. The molecule has 1 aliphatic carbocycles. The number of fused-ring (bicyclic) bond motifs is 3. The Hall–Kier alpha value is -7.37. The van der Waals surface area contributed by atoms with Gasteiger partial charge in [-0.15, -0.1) is 23.5 Å². The first kappa shape index (κ1) is 51.5. The molecule has 1 aliphatic rings. The summed E-state index contributed by atoms with van der Waals surface area (Å²) in [5, 5.41) is 22.1. The number of hydrogen-bond acceptors (Lipinski definition) is 7. The molecule has 8 aromatic rings. The molecule has 8 nitrogen and oxygen atoms in total. The van der Waals surface area contributed by atoms with Gasteiger partial charge in [0.05, 0.1) is 9.49 Å². The summed E-state index contributed by atoms with van der Waals surface area (Å²) in [6.45, 7) is 4.11. The second-order valence-corrected chi connectivity index (χ2v) is 19.0. The molecule has 0 aliphatic heterocycles. The molecule has 5 N–H and O–H groups in total. The third kappa shape index (κ3) is 11.8. The number of thioether (sulfide) groups is 2. The third-order valence-electron chi connectivity index (χ3n) is 12.3. The van der Waals surface area contributed by atoms with Crippen molar-refractivity contribution in [3.05, 3.63) is 275 Å². The highest BCUT2D eigenvalue weighted by Gasteiger charge is 2.40. The minimum atomic E-state index is -1.17. The number of carbonyl (C=O) groups excluding carboxylic acids is 1. The predicted molar refractivity (Wildman–Crippen MR) is 290 cm³/mol. The van der Waals surface area contributed by atoms with Gasteiger partial charge in [0.1, 0.15) is 18.7 Å². The topological polar surface area (TPSA) is 139 Å². The quantitative estimate of drug-likeness (QED) is 0.0657. The van der Waals surface area contributed by atoms with Gasteiger partial charge in [0.15, 0.2) is 0 Å². The Balaban J connectivity index is 0.000000226. The number of amides is 1. The van der Waals surface area contributed by atoms with E-state index in [2.05, 4.69) is 90.2 Å². The minimum absolute atomic E-state index is 0.109. The standard InChI is InChI=1S/C37H31NO4S.C22H21NO2S.C2H6/c39-35(40)34(38-36(41)42-24-33-31-22-12-10-20-29(31)30-21-11-13-23-32(30)33)25-43-37(26-14-4-1-5-15-26,27-16-6-2-7-17-27)28-18-8-3-9-19-28;23-20(21(24)25)16-26-22(17-10-4-1-5-11-17,18-12-6-2-7-13-18)19-14-8-3-9-15-19;1-2/h1-23,33-34H,24-25H2,(H,38,41)(H,39,40);1-15,20H,16,23H2,(H,24,25);1-2H3/t34-;20-;/m11./s1. The summed E-state index contributed by atoms with van der Waals surface area (Å²) in [5.41, 5.74) is 16.6. The van der Waals surface area contributed by atoms with Crippen molar-refractivity contribution >= 4 is 41.6 Å². The fourth-order valence-electron chi connectivity index (χ4n) is 8.99. The number of hydrogen-bond donors (Lipinski definition) is 4. The van der Waals surface area contributed by atoms with Crippen LogP contribution in [-0.4, -0.2) is 58.4 Å². The summed E-state index contributed by atoms with van der Waals surface area (Å²) in [6.07, 6.45) is -0.750. The van der Waals surface area contributed by atoms with E-state index in [9.17, 15) is 24.6 Å². The van der Waals surface area contributed by atoms with E-state index >= 15 is 0 Å². The van der Waals surface area contributed by atoms with E-state index in [0.717, 1.165) is 55.6 Å². The van der Waals surface area contributed by atoms with Gasteiger partial charge in [0, 0.05) is 17.4 Å². The number of carboxylic acids is 2. The zero-order valence-electron chi connectivity index (χ0n) is 39.7. The lowest BCUT2D eigenvalue weighted by molar-refractivity contribution is -0.139. The Labute approximate surface area is 425 Å². The van der Waals surface area contributed by atoms with Gasteiger partial charge in [-0.05, 0) is 55.6 Å². The monoisotopic (exact) mass is 978 g/mol. The number of carbonyl (C=O) groups is 3. The maximum Gasteiger partial charge on any atom is 0.407 e. The maximum atomic E-state index is 13.1. The molecule has 0 radical (unpaired) electrons. The smallest absolute Gasteiger partial charge is 0.407 e. The number of nitrogens with two attached hydrogens (primary N) is 1.